The summed E-state index contributed by atoms with van der Waals surface area (Å²) in [4.78, 5) is 12.1. The van der Waals surface area contributed by atoms with E-state index in [0.717, 1.165) is 28.2 Å². The number of halogens is 1. The molecule has 1 N–H and O–H groups in total. The Morgan fingerprint density at radius 3 is 2.64 bits per heavy atom. The van der Waals surface area contributed by atoms with Crippen LogP contribution in [0.25, 0.3) is 5.69 Å². The minimum Gasteiger partial charge on any atom is -0.465 e. The number of nitrogens with one attached hydrogen (secondary N) is 1. The van der Waals surface area contributed by atoms with Crippen molar-refractivity contribution >= 4 is 23.8 Å². The third-order valence-electron chi connectivity index (χ3n) is 4.54. The molecular weight excluding hydrogens is 374 g/mol. The Morgan fingerprint density at radius 2 is 1.89 bits per heavy atom. The van der Waals surface area contributed by atoms with Gasteiger partial charge in [-0.3, -0.25) is 0 Å². The van der Waals surface area contributed by atoms with Crippen molar-refractivity contribution in [1.29, 1.82) is 0 Å². The van der Waals surface area contributed by atoms with E-state index >= 15 is 0 Å². The van der Waals surface area contributed by atoms with Gasteiger partial charge in [0, 0.05) is 22.0 Å². The van der Waals surface area contributed by atoms with E-state index in [9.17, 15) is 4.79 Å². The molecule has 6 heteroatoms. The Balaban J connectivity index is 1.83. The van der Waals surface area contributed by atoms with Crippen molar-refractivity contribution in [2.75, 3.05) is 7.11 Å². The van der Waals surface area contributed by atoms with Crippen LogP contribution in [0.1, 0.15) is 32.9 Å². The van der Waals surface area contributed by atoms with Crippen LogP contribution in [0.5, 0.6) is 0 Å². The highest BCUT2D eigenvalue weighted by Gasteiger charge is 2.16. The maximum Gasteiger partial charge on any atom is 0.339 e. The molecular formula is C22H22ClN3O2. The Kier molecular flexibility index (Phi) is 6.16. The summed E-state index contributed by atoms with van der Waals surface area (Å²) in [5, 5.41) is 5.03. The zero-order valence-corrected chi connectivity index (χ0v) is 16.8. The fourth-order valence-electron chi connectivity index (χ4n) is 3.13. The van der Waals surface area contributed by atoms with Crippen molar-refractivity contribution in [3.05, 3.63) is 87.7 Å². The van der Waals surface area contributed by atoms with Gasteiger partial charge in [0.15, 0.2) is 0 Å². The normalized spacial score (nSPS) is 11.0. The van der Waals surface area contributed by atoms with Gasteiger partial charge in [-0.25, -0.2) is 4.79 Å². The van der Waals surface area contributed by atoms with Gasteiger partial charge >= 0.3 is 5.97 Å². The van der Waals surface area contributed by atoms with Crippen LogP contribution in [0.15, 0.2) is 59.7 Å². The summed E-state index contributed by atoms with van der Waals surface area (Å²) in [6.45, 7) is 4.53. The molecule has 3 aromatic rings. The number of benzene rings is 2. The average Bonchev–Trinajstić information content (AvgIpc) is 2.99. The van der Waals surface area contributed by atoms with E-state index < -0.39 is 0 Å². The van der Waals surface area contributed by atoms with Gasteiger partial charge in [0.1, 0.15) is 0 Å². The number of esters is 1. The lowest BCUT2D eigenvalue weighted by Crippen LogP contribution is -2.10. The zero-order chi connectivity index (χ0) is 20.1. The highest BCUT2D eigenvalue weighted by atomic mass is 35.5. The number of aryl methyl sites for hydroxylation is 1. The number of nitrogens with zero attached hydrogens (tertiary/aromatic N) is 2. The van der Waals surface area contributed by atoms with Crippen molar-refractivity contribution in [3.63, 3.8) is 0 Å². The number of hydrogen-bond donors (Lipinski definition) is 1. The SMILES string of the molecule is COC(=O)c1ccccc1-n1c(C)cc(/C=N\NCc2ccccc2Cl)c1C. The van der Waals surface area contributed by atoms with Crippen molar-refractivity contribution in [1.82, 2.24) is 9.99 Å². The molecule has 28 heavy (non-hydrogen) atoms. The predicted molar refractivity (Wildman–Crippen MR) is 112 cm³/mol. The van der Waals surface area contributed by atoms with Gasteiger partial charge in [-0.1, -0.05) is 41.9 Å². The van der Waals surface area contributed by atoms with Gasteiger partial charge < -0.3 is 14.7 Å². The second-order valence-corrected chi connectivity index (χ2v) is 6.76. The molecule has 0 aliphatic rings. The first-order chi connectivity index (χ1) is 13.5. The number of carbonyl (C=O) groups is 1. The Hall–Kier alpha value is -3.05. The highest BCUT2D eigenvalue weighted by molar-refractivity contribution is 6.31. The van der Waals surface area contributed by atoms with E-state index in [0.29, 0.717) is 17.1 Å². The summed E-state index contributed by atoms with van der Waals surface area (Å²) in [6, 6.07) is 17.1. The minimum absolute atomic E-state index is 0.361. The standard InChI is InChI=1S/C22H22ClN3O2/c1-15-12-18(14-25-24-13-17-8-4-6-10-20(17)23)16(2)26(15)21-11-7-5-9-19(21)22(27)28-3/h4-12,14,24H,13H2,1-3H3/b25-14-. The highest BCUT2D eigenvalue weighted by Crippen LogP contribution is 2.23. The number of carbonyl (C=O) groups excluding carboxylic acids is 1. The Morgan fingerprint density at radius 1 is 1.18 bits per heavy atom. The summed E-state index contributed by atoms with van der Waals surface area (Å²) in [7, 11) is 1.39. The molecule has 0 amide bonds. The predicted octanol–water partition coefficient (Wildman–Crippen LogP) is 4.66. The first-order valence-electron chi connectivity index (χ1n) is 8.89. The lowest BCUT2D eigenvalue weighted by Gasteiger charge is -2.13. The molecule has 0 aliphatic carbocycles. The molecule has 1 aromatic heterocycles. The lowest BCUT2D eigenvalue weighted by atomic mass is 10.1. The number of hydrazone groups is 1. The third-order valence-corrected chi connectivity index (χ3v) is 4.91. The average molecular weight is 396 g/mol. The summed E-state index contributed by atoms with van der Waals surface area (Å²) < 4.78 is 6.95. The molecule has 0 unspecified atom stereocenters. The molecule has 0 bridgehead atoms. The van der Waals surface area contributed by atoms with E-state index in [4.69, 9.17) is 16.3 Å². The summed E-state index contributed by atoms with van der Waals surface area (Å²) in [6.07, 6.45) is 1.77. The monoisotopic (exact) mass is 395 g/mol. The van der Waals surface area contributed by atoms with E-state index in [1.165, 1.54) is 7.11 Å². The van der Waals surface area contributed by atoms with E-state index in [2.05, 4.69) is 10.5 Å². The molecule has 0 fully saturated rings. The Labute approximate surface area is 169 Å². The fraction of sp³-hybridized carbons (Fsp3) is 0.182. The van der Waals surface area contributed by atoms with Crippen molar-refractivity contribution in [2.45, 2.75) is 20.4 Å². The smallest absolute Gasteiger partial charge is 0.339 e. The van der Waals surface area contributed by atoms with Gasteiger partial charge in [0.2, 0.25) is 0 Å². The second kappa shape index (κ2) is 8.76. The van der Waals surface area contributed by atoms with Gasteiger partial charge in [0.05, 0.1) is 31.1 Å². The van der Waals surface area contributed by atoms with Crippen LogP contribution in [-0.4, -0.2) is 23.9 Å². The van der Waals surface area contributed by atoms with Crippen LogP contribution in [-0.2, 0) is 11.3 Å². The Bertz CT molecular complexity index is 1020. The minimum atomic E-state index is -0.361. The number of ether oxygens (including phenoxy) is 1. The van der Waals surface area contributed by atoms with Crippen LogP contribution < -0.4 is 5.43 Å². The quantitative estimate of drug-likeness (QED) is 0.375. The van der Waals surface area contributed by atoms with Gasteiger partial charge in [-0.05, 0) is 43.7 Å². The van der Waals surface area contributed by atoms with Crippen molar-refractivity contribution < 1.29 is 9.53 Å². The molecule has 0 saturated heterocycles. The maximum absolute atomic E-state index is 12.1. The molecule has 144 valence electrons. The summed E-state index contributed by atoms with van der Waals surface area (Å²) in [5.74, 6) is -0.361. The molecule has 2 aromatic carbocycles. The molecule has 3 rings (SSSR count). The van der Waals surface area contributed by atoms with E-state index in [-0.39, 0.29) is 5.97 Å². The van der Waals surface area contributed by atoms with Crippen LogP contribution in [0.2, 0.25) is 5.02 Å². The number of aromatic nitrogens is 1. The molecule has 0 spiro atoms. The molecule has 0 aliphatic heterocycles. The lowest BCUT2D eigenvalue weighted by molar-refractivity contribution is 0.0601. The number of methoxy groups -OCH3 is 1. The molecule has 5 nitrogen and oxygen atoms in total. The van der Waals surface area contributed by atoms with Gasteiger partial charge in [0.25, 0.3) is 0 Å². The van der Waals surface area contributed by atoms with Crippen LogP contribution in [0.3, 0.4) is 0 Å². The van der Waals surface area contributed by atoms with Gasteiger partial charge in [-0.15, -0.1) is 0 Å². The molecule has 0 atom stereocenters. The largest absolute Gasteiger partial charge is 0.465 e. The van der Waals surface area contributed by atoms with Crippen LogP contribution in [0.4, 0.5) is 0 Å². The summed E-state index contributed by atoms with van der Waals surface area (Å²) >= 11 is 6.16. The van der Waals surface area contributed by atoms with Gasteiger partial charge in [-0.2, -0.15) is 5.10 Å². The number of para-hydroxylation sites is 1. The second-order valence-electron chi connectivity index (χ2n) is 6.36. The third kappa shape index (κ3) is 4.10. The number of rotatable bonds is 6. The van der Waals surface area contributed by atoms with E-state index in [1.54, 1.807) is 12.3 Å². The number of hydrogen-bond acceptors (Lipinski definition) is 4. The molecule has 0 radical (unpaired) electrons. The zero-order valence-electron chi connectivity index (χ0n) is 16.1. The summed E-state index contributed by atoms with van der Waals surface area (Å²) in [5.41, 5.74) is 8.26. The molecule has 1 heterocycles. The maximum atomic E-state index is 12.1. The van der Waals surface area contributed by atoms with E-state index in [1.807, 2.05) is 66.9 Å². The first-order valence-corrected chi connectivity index (χ1v) is 9.26. The topological polar surface area (TPSA) is 55.6 Å². The first kappa shape index (κ1) is 19.7. The van der Waals surface area contributed by atoms with Crippen molar-refractivity contribution in [3.8, 4) is 5.69 Å². The van der Waals surface area contributed by atoms with Crippen LogP contribution >= 0.6 is 11.6 Å². The fourth-order valence-corrected chi connectivity index (χ4v) is 3.33. The van der Waals surface area contributed by atoms with Crippen molar-refractivity contribution in [2.24, 2.45) is 5.10 Å². The molecule has 0 saturated carbocycles. The van der Waals surface area contributed by atoms with Crippen LogP contribution in [0, 0.1) is 13.8 Å².